The van der Waals surface area contributed by atoms with Gasteiger partial charge in [-0.1, -0.05) is 20.8 Å². The molecule has 0 radical (unpaired) electrons. The van der Waals surface area contributed by atoms with E-state index in [9.17, 15) is 0 Å². The van der Waals surface area contributed by atoms with Crippen LogP contribution in [0.3, 0.4) is 0 Å². The molecule has 0 amide bonds. The van der Waals surface area contributed by atoms with Crippen molar-refractivity contribution in [1.82, 2.24) is 4.90 Å². The SMILES string of the molecule is CCC(CC)(CC)N1CCCC1. The summed E-state index contributed by atoms with van der Waals surface area (Å²) in [5, 5.41) is 0. The third kappa shape index (κ3) is 1.66. The summed E-state index contributed by atoms with van der Waals surface area (Å²) in [5.41, 5.74) is 0.538. The Hall–Kier alpha value is -0.0400. The molecule has 1 rings (SSSR count). The minimum atomic E-state index is 0.538. The van der Waals surface area contributed by atoms with E-state index in [1.165, 1.54) is 45.2 Å². The van der Waals surface area contributed by atoms with Gasteiger partial charge in [-0.15, -0.1) is 0 Å². The Morgan fingerprint density at radius 3 is 1.67 bits per heavy atom. The van der Waals surface area contributed by atoms with Crippen LogP contribution in [-0.4, -0.2) is 23.5 Å². The van der Waals surface area contributed by atoms with Crippen LogP contribution in [0.2, 0.25) is 0 Å². The van der Waals surface area contributed by atoms with Crippen LogP contribution in [0.1, 0.15) is 52.9 Å². The lowest BCUT2D eigenvalue weighted by atomic mass is 9.88. The third-order valence-electron chi connectivity index (χ3n) is 3.75. The molecular formula is C11H23N. The quantitative estimate of drug-likeness (QED) is 0.625. The van der Waals surface area contributed by atoms with Gasteiger partial charge in [-0.25, -0.2) is 0 Å². The van der Waals surface area contributed by atoms with Crippen LogP contribution in [0.5, 0.6) is 0 Å². The van der Waals surface area contributed by atoms with Crippen molar-refractivity contribution in [3.8, 4) is 0 Å². The van der Waals surface area contributed by atoms with Crippen LogP contribution >= 0.6 is 0 Å². The number of hydrogen-bond donors (Lipinski definition) is 0. The van der Waals surface area contributed by atoms with Crippen molar-refractivity contribution >= 4 is 0 Å². The summed E-state index contributed by atoms with van der Waals surface area (Å²) in [7, 11) is 0. The van der Waals surface area contributed by atoms with Crippen LogP contribution in [0.4, 0.5) is 0 Å². The maximum atomic E-state index is 2.72. The lowest BCUT2D eigenvalue weighted by Crippen LogP contribution is -2.45. The van der Waals surface area contributed by atoms with Crippen LogP contribution < -0.4 is 0 Å². The minimum Gasteiger partial charge on any atom is -0.298 e. The van der Waals surface area contributed by atoms with E-state index >= 15 is 0 Å². The summed E-state index contributed by atoms with van der Waals surface area (Å²) in [6, 6.07) is 0. The van der Waals surface area contributed by atoms with E-state index in [1.54, 1.807) is 0 Å². The van der Waals surface area contributed by atoms with Gasteiger partial charge in [-0.2, -0.15) is 0 Å². The maximum absolute atomic E-state index is 2.72. The van der Waals surface area contributed by atoms with Gasteiger partial charge in [0.15, 0.2) is 0 Å². The number of nitrogens with zero attached hydrogens (tertiary/aromatic N) is 1. The average Bonchev–Trinajstić information content (AvgIpc) is 2.62. The molecule has 1 aliphatic rings. The van der Waals surface area contributed by atoms with E-state index in [1.807, 2.05) is 0 Å². The highest BCUT2D eigenvalue weighted by atomic mass is 15.2. The zero-order chi connectivity index (χ0) is 9.03. The van der Waals surface area contributed by atoms with Gasteiger partial charge >= 0.3 is 0 Å². The van der Waals surface area contributed by atoms with Crippen LogP contribution in [0.25, 0.3) is 0 Å². The molecule has 1 heteroatoms. The molecule has 1 heterocycles. The Morgan fingerprint density at radius 2 is 1.33 bits per heavy atom. The van der Waals surface area contributed by atoms with Gasteiger partial charge in [0.1, 0.15) is 0 Å². The second-order valence-electron chi connectivity index (χ2n) is 3.98. The van der Waals surface area contributed by atoms with E-state index in [2.05, 4.69) is 25.7 Å². The highest BCUT2D eigenvalue weighted by Crippen LogP contribution is 2.30. The van der Waals surface area contributed by atoms with Gasteiger partial charge in [0.25, 0.3) is 0 Å². The number of hydrogen-bond acceptors (Lipinski definition) is 1. The minimum absolute atomic E-state index is 0.538. The number of rotatable bonds is 4. The van der Waals surface area contributed by atoms with Crippen molar-refractivity contribution in [2.75, 3.05) is 13.1 Å². The highest BCUT2D eigenvalue weighted by Gasteiger charge is 2.32. The molecule has 1 aliphatic heterocycles. The normalized spacial score (nSPS) is 20.2. The topological polar surface area (TPSA) is 3.24 Å². The molecule has 0 bridgehead atoms. The molecule has 0 spiro atoms. The highest BCUT2D eigenvalue weighted by molar-refractivity contribution is 4.89. The van der Waals surface area contributed by atoms with Gasteiger partial charge < -0.3 is 0 Å². The molecule has 0 aromatic heterocycles. The Balaban J connectivity index is 2.61. The van der Waals surface area contributed by atoms with Crippen LogP contribution in [-0.2, 0) is 0 Å². The molecule has 0 unspecified atom stereocenters. The fourth-order valence-electron chi connectivity index (χ4n) is 2.61. The molecule has 0 aromatic carbocycles. The first-order chi connectivity index (χ1) is 5.79. The molecule has 0 aliphatic carbocycles. The second-order valence-corrected chi connectivity index (χ2v) is 3.98. The summed E-state index contributed by atoms with van der Waals surface area (Å²) >= 11 is 0. The van der Waals surface area contributed by atoms with Crippen LogP contribution in [0.15, 0.2) is 0 Å². The van der Waals surface area contributed by atoms with Crippen molar-refractivity contribution < 1.29 is 0 Å². The second kappa shape index (κ2) is 4.27. The molecule has 1 saturated heterocycles. The lowest BCUT2D eigenvalue weighted by Gasteiger charge is -2.40. The first-order valence-electron chi connectivity index (χ1n) is 5.54. The van der Waals surface area contributed by atoms with Gasteiger partial charge in [0.2, 0.25) is 0 Å². The molecule has 0 atom stereocenters. The summed E-state index contributed by atoms with van der Waals surface area (Å²) in [6.07, 6.45) is 6.80. The molecule has 72 valence electrons. The molecule has 0 N–H and O–H groups in total. The zero-order valence-electron chi connectivity index (χ0n) is 8.90. The Labute approximate surface area is 77.1 Å². The molecule has 1 nitrogen and oxygen atoms in total. The predicted molar refractivity (Wildman–Crippen MR) is 54.4 cm³/mol. The first-order valence-corrected chi connectivity index (χ1v) is 5.54. The van der Waals surface area contributed by atoms with Crippen molar-refractivity contribution in [3.05, 3.63) is 0 Å². The summed E-state index contributed by atoms with van der Waals surface area (Å²) in [6.45, 7) is 9.70. The van der Waals surface area contributed by atoms with E-state index in [4.69, 9.17) is 0 Å². The fraction of sp³-hybridized carbons (Fsp3) is 1.00. The largest absolute Gasteiger partial charge is 0.298 e. The molecule has 0 saturated carbocycles. The Kier molecular flexibility index (Phi) is 3.57. The average molecular weight is 169 g/mol. The van der Waals surface area contributed by atoms with Crippen molar-refractivity contribution in [2.45, 2.75) is 58.4 Å². The zero-order valence-corrected chi connectivity index (χ0v) is 8.90. The summed E-state index contributed by atoms with van der Waals surface area (Å²) in [5.74, 6) is 0. The molecule has 1 fully saturated rings. The van der Waals surface area contributed by atoms with Crippen LogP contribution in [0, 0.1) is 0 Å². The van der Waals surface area contributed by atoms with Gasteiger partial charge in [-0.05, 0) is 45.2 Å². The van der Waals surface area contributed by atoms with Gasteiger partial charge in [-0.3, -0.25) is 4.90 Å². The third-order valence-corrected chi connectivity index (χ3v) is 3.75. The van der Waals surface area contributed by atoms with Gasteiger partial charge in [0, 0.05) is 5.54 Å². The molecular weight excluding hydrogens is 146 g/mol. The van der Waals surface area contributed by atoms with Crippen molar-refractivity contribution in [1.29, 1.82) is 0 Å². The van der Waals surface area contributed by atoms with Crippen molar-refractivity contribution in [3.63, 3.8) is 0 Å². The summed E-state index contributed by atoms with van der Waals surface area (Å²) in [4.78, 5) is 2.72. The maximum Gasteiger partial charge on any atom is 0.0201 e. The summed E-state index contributed by atoms with van der Waals surface area (Å²) < 4.78 is 0. The predicted octanol–water partition coefficient (Wildman–Crippen LogP) is 3.05. The smallest absolute Gasteiger partial charge is 0.0201 e. The lowest BCUT2D eigenvalue weighted by molar-refractivity contribution is 0.101. The van der Waals surface area contributed by atoms with E-state index in [0.717, 1.165) is 0 Å². The Bertz CT molecular complexity index is 113. The van der Waals surface area contributed by atoms with E-state index in [-0.39, 0.29) is 0 Å². The molecule has 0 aromatic rings. The molecule has 12 heavy (non-hydrogen) atoms. The number of likely N-dealkylation sites (tertiary alicyclic amines) is 1. The van der Waals surface area contributed by atoms with Gasteiger partial charge in [0.05, 0.1) is 0 Å². The standard InChI is InChI=1S/C11H23N/c1-4-11(5-2,6-3)12-9-7-8-10-12/h4-10H2,1-3H3. The van der Waals surface area contributed by atoms with E-state index in [0.29, 0.717) is 5.54 Å². The fourth-order valence-corrected chi connectivity index (χ4v) is 2.61. The first kappa shape index (κ1) is 10.0. The monoisotopic (exact) mass is 169 g/mol. The van der Waals surface area contributed by atoms with Crippen molar-refractivity contribution in [2.24, 2.45) is 0 Å². The van der Waals surface area contributed by atoms with E-state index < -0.39 is 0 Å². The Morgan fingerprint density at radius 1 is 0.917 bits per heavy atom.